The van der Waals surface area contributed by atoms with E-state index in [2.05, 4.69) is 50.1 Å². The largest absolute Gasteiger partial charge is 0.350 e. The van der Waals surface area contributed by atoms with Gasteiger partial charge in [-0.25, -0.2) is 4.79 Å². The lowest BCUT2D eigenvalue weighted by molar-refractivity contribution is 0.0953. The van der Waals surface area contributed by atoms with E-state index in [0.717, 1.165) is 26.1 Å². The van der Waals surface area contributed by atoms with Crippen molar-refractivity contribution in [2.24, 2.45) is 5.92 Å². The molecule has 2 heterocycles. The summed E-state index contributed by atoms with van der Waals surface area (Å²) in [5.41, 5.74) is 1.83. The molecule has 1 saturated heterocycles. The highest BCUT2D eigenvalue weighted by Gasteiger charge is 2.22. The van der Waals surface area contributed by atoms with Gasteiger partial charge in [0.2, 0.25) is 0 Å². The van der Waals surface area contributed by atoms with Crippen molar-refractivity contribution in [3.05, 3.63) is 66.0 Å². The molecule has 148 valence electrons. The second-order valence-corrected chi connectivity index (χ2v) is 7.01. The normalized spacial score (nSPS) is 16.5. The molecule has 7 nitrogen and oxygen atoms in total. The molecule has 0 aliphatic carbocycles. The zero-order chi connectivity index (χ0) is 19.6. The van der Waals surface area contributed by atoms with Crippen molar-refractivity contribution >= 4 is 11.9 Å². The number of carbonyl (C=O) groups excluding carboxylic acids is 2. The van der Waals surface area contributed by atoms with Gasteiger partial charge in [0.15, 0.2) is 0 Å². The van der Waals surface area contributed by atoms with Crippen LogP contribution in [0, 0.1) is 5.92 Å². The first-order valence-electron chi connectivity index (χ1n) is 9.67. The minimum Gasteiger partial charge on any atom is -0.350 e. The average Bonchev–Trinajstić information content (AvgIpc) is 3.18. The number of nitrogens with zero attached hydrogens (tertiary/aromatic N) is 2. The fraction of sp³-hybridized carbons (Fsp3) is 0.381. The lowest BCUT2D eigenvalue weighted by atomic mass is 10.1. The number of likely N-dealkylation sites (tertiary alicyclic amines) is 1. The Hall–Kier alpha value is -2.93. The van der Waals surface area contributed by atoms with Crippen molar-refractivity contribution in [2.75, 3.05) is 32.7 Å². The maximum Gasteiger partial charge on any atom is 0.314 e. The predicted octanol–water partition coefficient (Wildman–Crippen LogP) is 1.63. The van der Waals surface area contributed by atoms with Crippen LogP contribution in [0.3, 0.4) is 0 Å². The van der Waals surface area contributed by atoms with Crippen LogP contribution in [0.15, 0.2) is 54.9 Å². The first kappa shape index (κ1) is 19.8. The zero-order valence-corrected chi connectivity index (χ0v) is 15.9. The number of hydrogen-bond acceptors (Lipinski definition) is 4. The Bertz CT molecular complexity index is 754. The van der Waals surface area contributed by atoms with Gasteiger partial charge in [-0.3, -0.25) is 14.7 Å². The van der Waals surface area contributed by atoms with Gasteiger partial charge in [0.25, 0.3) is 5.91 Å². The Labute approximate surface area is 165 Å². The quantitative estimate of drug-likeness (QED) is 0.607. The molecule has 1 aliphatic rings. The number of urea groups is 1. The molecule has 2 aromatic rings. The zero-order valence-electron chi connectivity index (χ0n) is 15.9. The highest BCUT2D eigenvalue weighted by atomic mass is 16.2. The van der Waals surface area contributed by atoms with Gasteiger partial charge in [0, 0.05) is 45.1 Å². The Morgan fingerprint density at radius 3 is 2.64 bits per heavy atom. The monoisotopic (exact) mass is 381 g/mol. The molecule has 1 aromatic carbocycles. The van der Waals surface area contributed by atoms with E-state index < -0.39 is 0 Å². The molecule has 28 heavy (non-hydrogen) atoms. The van der Waals surface area contributed by atoms with Crippen LogP contribution in [0.1, 0.15) is 22.3 Å². The third-order valence-electron chi connectivity index (χ3n) is 4.79. The molecule has 7 heteroatoms. The van der Waals surface area contributed by atoms with Gasteiger partial charge in [0.05, 0.1) is 5.56 Å². The SMILES string of the molecule is O=C(NCCNC(=O)c1cccnc1)NC[C@@H]1CCN(Cc2ccccc2)C1. The number of nitrogens with one attached hydrogen (secondary N) is 3. The van der Waals surface area contributed by atoms with Gasteiger partial charge in [-0.2, -0.15) is 0 Å². The van der Waals surface area contributed by atoms with Gasteiger partial charge in [-0.1, -0.05) is 30.3 Å². The van der Waals surface area contributed by atoms with E-state index in [1.165, 1.54) is 11.8 Å². The Morgan fingerprint density at radius 2 is 1.86 bits per heavy atom. The van der Waals surface area contributed by atoms with Crippen molar-refractivity contribution < 1.29 is 9.59 Å². The van der Waals surface area contributed by atoms with E-state index in [1.807, 2.05) is 6.07 Å². The lowest BCUT2D eigenvalue weighted by Gasteiger charge is -2.16. The van der Waals surface area contributed by atoms with E-state index >= 15 is 0 Å². The molecular formula is C21H27N5O2. The summed E-state index contributed by atoms with van der Waals surface area (Å²) in [4.78, 5) is 30.1. The van der Waals surface area contributed by atoms with Crippen LogP contribution >= 0.6 is 0 Å². The van der Waals surface area contributed by atoms with E-state index in [1.54, 1.807) is 18.3 Å². The molecule has 1 fully saturated rings. The van der Waals surface area contributed by atoms with Crippen LogP contribution in [-0.4, -0.2) is 54.5 Å². The molecule has 0 unspecified atom stereocenters. The second kappa shape index (κ2) is 10.4. The average molecular weight is 381 g/mol. The van der Waals surface area contributed by atoms with E-state index in [0.29, 0.717) is 31.1 Å². The van der Waals surface area contributed by atoms with E-state index in [4.69, 9.17) is 0 Å². The Balaban J connectivity index is 1.26. The molecule has 1 aliphatic heterocycles. The van der Waals surface area contributed by atoms with Gasteiger partial charge in [-0.15, -0.1) is 0 Å². The summed E-state index contributed by atoms with van der Waals surface area (Å²) in [6.45, 7) is 4.43. The fourth-order valence-electron chi connectivity index (χ4n) is 3.32. The van der Waals surface area contributed by atoms with Crippen LogP contribution in [0.4, 0.5) is 4.79 Å². The molecule has 3 amide bonds. The highest BCUT2D eigenvalue weighted by Crippen LogP contribution is 2.17. The molecular weight excluding hydrogens is 354 g/mol. The van der Waals surface area contributed by atoms with Gasteiger partial charge in [-0.05, 0) is 36.6 Å². The summed E-state index contributed by atoms with van der Waals surface area (Å²) in [6, 6.07) is 13.7. The summed E-state index contributed by atoms with van der Waals surface area (Å²) >= 11 is 0. The lowest BCUT2D eigenvalue weighted by Crippen LogP contribution is -2.42. The summed E-state index contributed by atoms with van der Waals surface area (Å²) in [6.07, 6.45) is 4.22. The number of carbonyl (C=O) groups is 2. The number of pyridine rings is 1. The molecule has 3 N–H and O–H groups in total. The van der Waals surface area contributed by atoms with Crippen molar-refractivity contribution in [3.63, 3.8) is 0 Å². The maximum atomic E-state index is 11.9. The molecule has 3 rings (SSSR count). The predicted molar refractivity (Wildman–Crippen MR) is 108 cm³/mol. The fourth-order valence-corrected chi connectivity index (χ4v) is 3.32. The van der Waals surface area contributed by atoms with Crippen molar-refractivity contribution in [2.45, 2.75) is 13.0 Å². The Morgan fingerprint density at radius 1 is 1.04 bits per heavy atom. The number of aromatic nitrogens is 1. The van der Waals surface area contributed by atoms with Crippen LogP contribution in [-0.2, 0) is 6.54 Å². The summed E-state index contributed by atoms with van der Waals surface area (Å²) in [7, 11) is 0. The number of benzene rings is 1. The summed E-state index contributed by atoms with van der Waals surface area (Å²) < 4.78 is 0. The first-order chi connectivity index (χ1) is 13.7. The van der Waals surface area contributed by atoms with Crippen LogP contribution < -0.4 is 16.0 Å². The van der Waals surface area contributed by atoms with Crippen LogP contribution in [0.2, 0.25) is 0 Å². The summed E-state index contributed by atoms with van der Waals surface area (Å²) in [5, 5.41) is 8.45. The molecule has 1 atom stereocenters. The minimum absolute atomic E-state index is 0.195. The smallest absolute Gasteiger partial charge is 0.314 e. The van der Waals surface area contributed by atoms with Crippen molar-refractivity contribution in [1.29, 1.82) is 0 Å². The molecule has 0 spiro atoms. The van der Waals surface area contributed by atoms with E-state index in [9.17, 15) is 9.59 Å². The summed E-state index contributed by atoms with van der Waals surface area (Å²) in [5.74, 6) is 0.277. The highest BCUT2D eigenvalue weighted by molar-refractivity contribution is 5.93. The van der Waals surface area contributed by atoms with Crippen molar-refractivity contribution in [1.82, 2.24) is 25.8 Å². The third kappa shape index (κ3) is 6.35. The molecule has 1 aromatic heterocycles. The molecule has 0 bridgehead atoms. The van der Waals surface area contributed by atoms with E-state index in [-0.39, 0.29) is 11.9 Å². The van der Waals surface area contributed by atoms with Crippen LogP contribution in [0.5, 0.6) is 0 Å². The minimum atomic E-state index is -0.197. The number of rotatable bonds is 8. The standard InChI is InChI=1S/C21H27N5O2/c27-20(19-7-4-9-22-14-19)23-10-11-24-21(28)25-13-18-8-12-26(16-18)15-17-5-2-1-3-6-17/h1-7,9,14,18H,8,10-13,15-16H2,(H,23,27)(H2,24,25,28)/t18-/m0/s1. The Kier molecular flexibility index (Phi) is 7.37. The molecule has 0 radical (unpaired) electrons. The second-order valence-electron chi connectivity index (χ2n) is 7.01. The third-order valence-corrected chi connectivity index (χ3v) is 4.79. The molecule has 0 saturated carbocycles. The topological polar surface area (TPSA) is 86.4 Å². The first-order valence-corrected chi connectivity index (χ1v) is 9.67. The van der Waals surface area contributed by atoms with Crippen LogP contribution in [0.25, 0.3) is 0 Å². The van der Waals surface area contributed by atoms with Gasteiger partial charge < -0.3 is 16.0 Å². The van der Waals surface area contributed by atoms with Gasteiger partial charge >= 0.3 is 6.03 Å². The van der Waals surface area contributed by atoms with Gasteiger partial charge in [0.1, 0.15) is 0 Å². The van der Waals surface area contributed by atoms with Crippen molar-refractivity contribution in [3.8, 4) is 0 Å². The number of amides is 3. The number of hydrogen-bond donors (Lipinski definition) is 3. The maximum absolute atomic E-state index is 11.9.